The molecule has 0 aromatic heterocycles. The summed E-state index contributed by atoms with van der Waals surface area (Å²) < 4.78 is 73.4. The lowest BCUT2D eigenvalue weighted by Crippen LogP contribution is -2.50. The second-order valence-corrected chi connectivity index (χ2v) is 10.4. The van der Waals surface area contributed by atoms with Gasteiger partial charge in [0.25, 0.3) is 10.0 Å². The van der Waals surface area contributed by atoms with Gasteiger partial charge < -0.3 is 15.0 Å². The van der Waals surface area contributed by atoms with E-state index in [1.54, 1.807) is 30.3 Å². The normalized spacial score (nSPS) is 12.4. The number of ether oxygens (including phenoxy) is 1. The Labute approximate surface area is 225 Å². The molecule has 208 valence electrons. The molecule has 0 bridgehead atoms. The van der Waals surface area contributed by atoms with Crippen molar-refractivity contribution in [3.8, 4) is 5.75 Å². The largest absolute Gasteiger partial charge is 0.497 e. The molecule has 0 spiro atoms. The Morgan fingerprint density at radius 3 is 2.18 bits per heavy atom. The van der Waals surface area contributed by atoms with Gasteiger partial charge in [-0.3, -0.25) is 13.9 Å². The Kier molecular flexibility index (Phi) is 9.23. The maximum absolute atomic E-state index is 13.7. The second-order valence-electron chi connectivity index (χ2n) is 8.53. The number of hydrogen-bond acceptors (Lipinski definition) is 5. The van der Waals surface area contributed by atoms with E-state index in [0.29, 0.717) is 21.7 Å². The molecule has 1 atom stereocenters. The van der Waals surface area contributed by atoms with Crippen molar-refractivity contribution in [2.24, 2.45) is 0 Å². The third kappa shape index (κ3) is 7.08. The van der Waals surface area contributed by atoms with Gasteiger partial charge in [-0.25, -0.2) is 8.42 Å². The van der Waals surface area contributed by atoms with Gasteiger partial charge in [0, 0.05) is 13.6 Å². The van der Waals surface area contributed by atoms with Gasteiger partial charge in [0.05, 0.1) is 23.3 Å². The maximum Gasteiger partial charge on any atom is 0.416 e. The van der Waals surface area contributed by atoms with Crippen LogP contribution in [0.3, 0.4) is 0 Å². The molecule has 0 heterocycles. The number of carbonyl (C=O) groups excluding carboxylic acids is 2. The number of benzene rings is 3. The van der Waals surface area contributed by atoms with Crippen molar-refractivity contribution in [2.75, 3.05) is 25.0 Å². The number of methoxy groups -OCH3 is 1. The minimum atomic E-state index is -4.74. The first-order valence-corrected chi connectivity index (χ1v) is 13.2. The Morgan fingerprint density at radius 1 is 0.974 bits per heavy atom. The highest BCUT2D eigenvalue weighted by atomic mass is 32.2. The van der Waals surface area contributed by atoms with Crippen LogP contribution in [0.25, 0.3) is 0 Å². The summed E-state index contributed by atoms with van der Waals surface area (Å²) in [6.45, 7) is 0.551. The molecular weight excluding hydrogens is 535 g/mol. The zero-order chi connectivity index (χ0) is 28.8. The average molecular weight is 564 g/mol. The molecule has 3 rings (SSSR count). The molecule has 12 heteroatoms. The summed E-state index contributed by atoms with van der Waals surface area (Å²) in [5.74, 6) is -0.729. The zero-order valence-electron chi connectivity index (χ0n) is 21.5. The molecule has 0 fully saturated rings. The molecule has 8 nitrogen and oxygen atoms in total. The first kappa shape index (κ1) is 29.5. The summed E-state index contributed by atoms with van der Waals surface area (Å²) in [6.07, 6.45) is -4.74. The van der Waals surface area contributed by atoms with Crippen LogP contribution in [0.4, 0.5) is 18.9 Å². The number of rotatable bonds is 10. The van der Waals surface area contributed by atoms with Crippen LogP contribution >= 0.6 is 0 Å². The fourth-order valence-corrected chi connectivity index (χ4v) is 5.23. The van der Waals surface area contributed by atoms with Crippen molar-refractivity contribution < 1.29 is 35.9 Å². The van der Waals surface area contributed by atoms with Crippen molar-refractivity contribution in [1.82, 2.24) is 10.2 Å². The van der Waals surface area contributed by atoms with E-state index in [1.165, 1.54) is 56.3 Å². The van der Waals surface area contributed by atoms with E-state index >= 15 is 0 Å². The van der Waals surface area contributed by atoms with Gasteiger partial charge in [0.2, 0.25) is 11.8 Å². The summed E-state index contributed by atoms with van der Waals surface area (Å²) in [7, 11) is -1.59. The van der Waals surface area contributed by atoms with Crippen molar-refractivity contribution in [3.05, 3.63) is 90.0 Å². The van der Waals surface area contributed by atoms with Crippen LogP contribution in [0.1, 0.15) is 18.1 Å². The summed E-state index contributed by atoms with van der Waals surface area (Å²) >= 11 is 0. The number of sulfonamides is 1. The Hall–Kier alpha value is -4.06. The monoisotopic (exact) mass is 563 g/mol. The van der Waals surface area contributed by atoms with Crippen molar-refractivity contribution in [2.45, 2.75) is 30.6 Å². The van der Waals surface area contributed by atoms with E-state index in [4.69, 9.17) is 4.74 Å². The maximum atomic E-state index is 13.7. The van der Waals surface area contributed by atoms with Gasteiger partial charge >= 0.3 is 6.18 Å². The van der Waals surface area contributed by atoms with Crippen LogP contribution in [-0.4, -0.2) is 51.9 Å². The van der Waals surface area contributed by atoms with Crippen LogP contribution in [0.2, 0.25) is 0 Å². The Morgan fingerprint density at radius 2 is 1.62 bits per heavy atom. The fourth-order valence-electron chi connectivity index (χ4n) is 3.80. The van der Waals surface area contributed by atoms with Gasteiger partial charge in [0.15, 0.2) is 0 Å². The second kappa shape index (κ2) is 12.2. The van der Waals surface area contributed by atoms with Gasteiger partial charge in [-0.2, -0.15) is 13.2 Å². The Balaban J connectivity index is 2.06. The van der Waals surface area contributed by atoms with Crippen molar-refractivity contribution in [1.29, 1.82) is 0 Å². The topological polar surface area (TPSA) is 96.0 Å². The van der Waals surface area contributed by atoms with Gasteiger partial charge in [-0.1, -0.05) is 36.4 Å². The van der Waals surface area contributed by atoms with Crippen LogP contribution in [0.15, 0.2) is 83.8 Å². The molecule has 1 N–H and O–H groups in total. The Bertz CT molecular complexity index is 1400. The molecule has 0 radical (unpaired) electrons. The van der Waals surface area contributed by atoms with Gasteiger partial charge in [-0.05, 0) is 55.0 Å². The first-order valence-electron chi connectivity index (χ1n) is 11.8. The number of nitrogens with zero attached hydrogens (tertiary/aromatic N) is 2. The minimum absolute atomic E-state index is 0.0702. The quantitative estimate of drug-likeness (QED) is 0.401. The molecule has 0 aliphatic heterocycles. The zero-order valence-corrected chi connectivity index (χ0v) is 22.3. The smallest absolute Gasteiger partial charge is 0.416 e. The highest BCUT2D eigenvalue weighted by Gasteiger charge is 2.35. The molecule has 0 aliphatic carbocycles. The molecular formula is C27H28F3N3O5S. The van der Waals surface area contributed by atoms with E-state index in [-0.39, 0.29) is 17.1 Å². The van der Waals surface area contributed by atoms with Crippen LogP contribution in [-0.2, 0) is 32.3 Å². The number of hydrogen-bond donors (Lipinski definition) is 1. The SMILES string of the molecule is CNC(=O)[C@@H](C)N(Cc1ccc(OC)cc1)C(=O)CN(c1cccc(C(F)(F)F)c1)S(=O)(=O)c1ccccc1. The summed E-state index contributed by atoms with van der Waals surface area (Å²) in [5, 5.41) is 2.46. The number of amides is 2. The summed E-state index contributed by atoms with van der Waals surface area (Å²) in [4.78, 5) is 27.1. The average Bonchev–Trinajstić information content (AvgIpc) is 2.94. The lowest BCUT2D eigenvalue weighted by Gasteiger charge is -2.32. The fraction of sp³-hybridized carbons (Fsp3) is 0.259. The predicted molar refractivity (Wildman–Crippen MR) is 139 cm³/mol. The number of halogens is 3. The number of alkyl halides is 3. The number of nitrogens with one attached hydrogen (secondary N) is 1. The number of likely N-dealkylation sites (N-methyl/N-ethyl adjacent to an activating group) is 1. The van der Waals surface area contributed by atoms with E-state index < -0.39 is 46.2 Å². The third-order valence-corrected chi connectivity index (χ3v) is 7.79. The lowest BCUT2D eigenvalue weighted by atomic mass is 10.1. The highest BCUT2D eigenvalue weighted by molar-refractivity contribution is 7.92. The number of carbonyl (C=O) groups is 2. The molecule has 3 aromatic rings. The summed E-state index contributed by atoms with van der Waals surface area (Å²) in [5.41, 5.74) is -0.801. The van der Waals surface area contributed by atoms with Crippen LogP contribution < -0.4 is 14.4 Å². The highest BCUT2D eigenvalue weighted by Crippen LogP contribution is 2.33. The van der Waals surface area contributed by atoms with Gasteiger partial charge in [0.1, 0.15) is 18.3 Å². The van der Waals surface area contributed by atoms with E-state index in [1.807, 2.05) is 0 Å². The minimum Gasteiger partial charge on any atom is -0.497 e. The molecule has 2 amide bonds. The number of anilines is 1. The molecule has 0 saturated heterocycles. The molecule has 0 aliphatic rings. The third-order valence-electron chi connectivity index (χ3n) is 6.00. The van der Waals surface area contributed by atoms with E-state index in [0.717, 1.165) is 12.1 Å². The van der Waals surface area contributed by atoms with E-state index in [2.05, 4.69) is 5.32 Å². The van der Waals surface area contributed by atoms with Crippen molar-refractivity contribution in [3.63, 3.8) is 0 Å². The first-order chi connectivity index (χ1) is 18.4. The van der Waals surface area contributed by atoms with Gasteiger partial charge in [-0.15, -0.1) is 0 Å². The molecule has 39 heavy (non-hydrogen) atoms. The molecule has 3 aromatic carbocycles. The van der Waals surface area contributed by atoms with Crippen molar-refractivity contribution >= 4 is 27.5 Å². The van der Waals surface area contributed by atoms with E-state index in [9.17, 15) is 31.2 Å². The predicted octanol–water partition coefficient (Wildman–Crippen LogP) is 4.07. The molecule has 0 saturated carbocycles. The summed E-state index contributed by atoms with van der Waals surface area (Å²) in [6, 6.07) is 16.5. The molecule has 0 unspecified atom stereocenters. The van der Waals surface area contributed by atoms with Crippen LogP contribution in [0.5, 0.6) is 5.75 Å². The van der Waals surface area contributed by atoms with Crippen LogP contribution in [0, 0.1) is 0 Å². The standard InChI is InChI=1S/C27H28F3N3O5S/c1-19(26(35)31-2)32(17-20-12-14-23(38-3)15-13-20)25(34)18-33(39(36,37)24-10-5-4-6-11-24)22-9-7-8-21(16-22)27(28,29)30/h4-16,19H,17-18H2,1-3H3,(H,31,35)/t19-/m1/s1. The lowest BCUT2D eigenvalue weighted by molar-refractivity contribution is -0.139.